The van der Waals surface area contributed by atoms with Crippen LogP contribution in [0.2, 0.25) is 0 Å². The minimum Gasteiger partial charge on any atom is -0.349 e. The normalized spacial score (nSPS) is 10.6. The molecule has 0 atom stereocenters. The van der Waals surface area contributed by atoms with Crippen LogP contribution in [0.4, 0.5) is 11.5 Å². The van der Waals surface area contributed by atoms with Gasteiger partial charge < -0.3 is 10.2 Å². The summed E-state index contributed by atoms with van der Waals surface area (Å²) in [4.78, 5) is 23.2. The van der Waals surface area contributed by atoms with Gasteiger partial charge in [-0.2, -0.15) is 0 Å². The number of carbonyl (C=O) groups is 1. The second-order valence-corrected chi connectivity index (χ2v) is 6.29. The summed E-state index contributed by atoms with van der Waals surface area (Å²) in [6, 6.07) is 19.8. The first kappa shape index (κ1) is 17.6. The molecule has 5 nitrogen and oxygen atoms in total. The van der Waals surface area contributed by atoms with Gasteiger partial charge in [0, 0.05) is 18.3 Å². The molecule has 0 saturated heterocycles. The summed E-state index contributed by atoms with van der Waals surface area (Å²) >= 11 is 0. The van der Waals surface area contributed by atoms with E-state index in [9.17, 15) is 4.79 Å². The number of anilines is 2. The van der Waals surface area contributed by atoms with Crippen molar-refractivity contribution in [2.45, 2.75) is 26.4 Å². The summed E-state index contributed by atoms with van der Waals surface area (Å²) in [5, 5.41) is 2.81. The zero-order chi connectivity index (χ0) is 18.4. The first-order chi connectivity index (χ1) is 12.6. The van der Waals surface area contributed by atoms with Crippen molar-refractivity contribution in [3.05, 3.63) is 84.3 Å². The van der Waals surface area contributed by atoms with Crippen LogP contribution in [0.5, 0.6) is 0 Å². The highest BCUT2D eigenvalue weighted by molar-refractivity contribution is 6.02. The van der Waals surface area contributed by atoms with E-state index in [-0.39, 0.29) is 11.9 Å². The molecule has 1 N–H and O–H groups in total. The maximum Gasteiger partial charge on any atom is 0.275 e. The Morgan fingerprint density at radius 2 is 1.62 bits per heavy atom. The standard InChI is InChI=1S/C21H22N4O/c1-16(2)25(15-17-9-5-3-6-10-17)20-14-22-19(13-23-20)21(26)24-18-11-7-4-8-12-18/h3-14,16H,15H2,1-2H3,(H,24,26). The molecule has 0 radical (unpaired) electrons. The Labute approximate surface area is 153 Å². The topological polar surface area (TPSA) is 58.1 Å². The lowest BCUT2D eigenvalue weighted by atomic mass is 10.2. The molecule has 3 rings (SSSR count). The molecule has 0 spiro atoms. The van der Waals surface area contributed by atoms with Crippen molar-refractivity contribution < 1.29 is 4.79 Å². The predicted octanol–water partition coefficient (Wildman–Crippen LogP) is 4.14. The Morgan fingerprint density at radius 1 is 0.962 bits per heavy atom. The third kappa shape index (κ3) is 4.45. The van der Waals surface area contributed by atoms with Gasteiger partial charge in [0.15, 0.2) is 0 Å². The van der Waals surface area contributed by atoms with E-state index in [0.717, 1.165) is 18.1 Å². The summed E-state index contributed by atoms with van der Waals surface area (Å²) in [7, 11) is 0. The molecular weight excluding hydrogens is 324 g/mol. The fourth-order valence-corrected chi connectivity index (χ4v) is 2.61. The van der Waals surface area contributed by atoms with Crippen LogP contribution in [-0.2, 0) is 6.54 Å². The van der Waals surface area contributed by atoms with E-state index < -0.39 is 0 Å². The van der Waals surface area contributed by atoms with Gasteiger partial charge in [0.2, 0.25) is 0 Å². The molecule has 0 aliphatic carbocycles. The molecule has 1 amide bonds. The molecule has 1 heterocycles. The maximum atomic E-state index is 12.3. The Balaban J connectivity index is 1.73. The van der Waals surface area contributed by atoms with Gasteiger partial charge in [-0.3, -0.25) is 4.79 Å². The van der Waals surface area contributed by atoms with E-state index >= 15 is 0 Å². The van der Waals surface area contributed by atoms with E-state index in [1.807, 2.05) is 48.5 Å². The SMILES string of the molecule is CC(C)N(Cc1ccccc1)c1cnc(C(=O)Nc2ccccc2)cn1. The average Bonchev–Trinajstić information content (AvgIpc) is 2.67. The molecule has 1 aromatic heterocycles. The number of nitrogens with zero attached hydrogens (tertiary/aromatic N) is 3. The number of benzene rings is 2. The zero-order valence-electron chi connectivity index (χ0n) is 15.0. The van der Waals surface area contributed by atoms with E-state index in [2.05, 4.69) is 46.2 Å². The summed E-state index contributed by atoms with van der Waals surface area (Å²) in [6.45, 7) is 4.96. The number of hydrogen-bond donors (Lipinski definition) is 1. The van der Waals surface area contributed by atoms with Gasteiger partial charge in [-0.25, -0.2) is 9.97 Å². The van der Waals surface area contributed by atoms with Crippen LogP contribution >= 0.6 is 0 Å². The monoisotopic (exact) mass is 346 g/mol. The fraction of sp³-hybridized carbons (Fsp3) is 0.190. The molecular formula is C21H22N4O. The molecule has 0 saturated carbocycles. The quantitative estimate of drug-likeness (QED) is 0.729. The Bertz CT molecular complexity index is 833. The van der Waals surface area contributed by atoms with Crippen LogP contribution < -0.4 is 10.2 Å². The van der Waals surface area contributed by atoms with Crippen molar-refractivity contribution >= 4 is 17.4 Å². The molecule has 0 aliphatic heterocycles. The first-order valence-corrected chi connectivity index (χ1v) is 8.62. The number of hydrogen-bond acceptors (Lipinski definition) is 4. The summed E-state index contributed by atoms with van der Waals surface area (Å²) in [5.41, 5.74) is 2.23. The van der Waals surface area contributed by atoms with Crippen LogP contribution in [-0.4, -0.2) is 21.9 Å². The minimum atomic E-state index is -0.269. The van der Waals surface area contributed by atoms with E-state index in [1.165, 1.54) is 11.8 Å². The summed E-state index contributed by atoms with van der Waals surface area (Å²) < 4.78 is 0. The summed E-state index contributed by atoms with van der Waals surface area (Å²) in [5.74, 6) is 0.481. The Morgan fingerprint density at radius 3 is 2.19 bits per heavy atom. The molecule has 0 fully saturated rings. The third-order valence-corrected chi connectivity index (χ3v) is 4.02. The highest BCUT2D eigenvalue weighted by Crippen LogP contribution is 2.17. The van der Waals surface area contributed by atoms with E-state index in [0.29, 0.717) is 5.69 Å². The zero-order valence-corrected chi connectivity index (χ0v) is 15.0. The third-order valence-electron chi connectivity index (χ3n) is 4.02. The molecule has 3 aromatic rings. The number of para-hydroxylation sites is 1. The van der Waals surface area contributed by atoms with Gasteiger partial charge >= 0.3 is 0 Å². The van der Waals surface area contributed by atoms with Crippen molar-refractivity contribution in [2.75, 3.05) is 10.2 Å². The predicted molar refractivity (Wildman–Crippen MR) is 104 cm³/mol. The van der Waals surface area contributed by atoms with Gasteiger partial charge in [0.1, 0.15) is 11.5 Å². The lowest BCUT2D eigenvalue weighted by Gasteiger charge is -2.27. The fourth-order valence-electron chi connectivity index (χ4n) is 2.61. The molecule has 0 unspecified atom stereocenters. The van der Waals surface area contributed by atoms with E-state index in [4.69, 9.17) is 0 Å². The highest BCUT2D eigenvalue weighted by Gasteiger charge is 2.15. The maximum absolute atomic E-state index is 12.3. The average molecular weight is 346 g/mol. The van der Waals surface area contributed by atoms with Crippen LogP contribution in [0, 0.1) is 0 Å². The largest absolute Gasteiger partial charge is 0.349 e. The number of nitrogens with one attached hydrogen (secondary N) is 1. The molecule has 2 aromatic carbocycles. The second-order valence-electron chi connectivity index (χ2n) is 6.29. The van der Waals surface area contributed by atoms with Crippen molar-refractivity contribution in [1.29, 1.82) is 0 Å². The molecule has 132 valence electrons. The number of carbonyl (C=O) groups excluding carboxylic acids is 1. The highest BCUT2D eigenvalue weighted by atomic mass is 16.1. The Hall–Kier alpha value is -3.21. The van der Waals surface area contributed by atoms with Crippen molar-refractivity contribution in [1.82, 2.24) is 9.97 Å². The summed E-state index contributed by atoms with van der Waals surface area (Å²) in [6.07, 6.45) is 3.18. The van der Waals surface area contributed by atoms with Gasteiger partial charge in [-0.15, -0.1) is 0 Å². The lowest BCUT2D eigenvalue weighted by Crippen LogP contribution is -2.31. The van der Waals surface area contributed by atoms with Crippen LogP contribution in [0.15, 0.2) is 73.1 Å². The lowest BCUT2D eigenvalue weighted by molar-refractivity contribution is 0.102. The minimum absolute atomic E-state index is 0.258. The molecule has 5 heteroatoms. The van der Waals surface area contributed by atoms with Crippen LogP contribution in [0.1, 0.15) is 29.9 Å². The number of amides is 1. The first-order valence-electron chi connectivity index (χ1n) is 8.62. The second kappa shape index (κ2) is 8.25. The van der Waals surface area contributed by atoms with Crippen LogP contribution in [0.3, 0.4) is 0 Å². The number of aromatic nitrogens is 2. The molecule has 0 aliphatic rings. The molecule has 26 heavy (non-hydrogen) atoms. The Kier molecular flexibility index (Phi) is 5.59. The van der Waals surface area contributed by atoms with Crippen LogP contribution in [0.25, 0.3) is 0 Å². The van der Waals surface area contributed by atoms with Crippen molar-refractivity contribution in [3.8, 4) is 0 Å². The smallest absolute Gasteiger partial charge is 0.275 e. The van der Waals surface area contributed by atoms with Gasteiger partial charge in [0.05, 0.1) is 12.4 Å². The molecule has 0 bridgehead atoms. The van der Waals surface area contributed by atoms with Crippen molar-refractivity contribution in [3.63, 3.8) is 0 Å². The van der Waals surface area contributed by atoms with Gasteiger partial charge in [-0.05, 0) is 31.5 Å². The van der Waals surface area contributed by atoms with Gasteiger partial charge in [-0.1, -0.05) is 48.5 Å². The van der Waals surface area contributed by atoms with E-state index in [1.54, 1.807) is 6.20 Å². The number of rotatable bonds is 6. The van der Waals surface area contributed by atoms with Crippen molar-refractivity contribution in [2.24, 2.45) is 0 Å². The van der Waals surface area contributed by atoms with Gasteiger partial charge in [0.25, 0.3) is 5.91 Å².